The first kappa shape index (κ1) is 8.81. The van der Waals surface area contributed by atoms with Crippen molar-refractivity contribution in [2.24, 2.45) is 5.92 Å². The van der Waals surface area contributed by atoms with Gasteiger partial charge < -0.3 is 0 Å². The molecule has 0 radical (unpaired) electrons. The lowest BCUT2D eigenvalue weighted by atomic mass is 10.1. The van der Waals surface area contributed by atoms with E-state index in [2.05, 4.69) is 0 Å². The first-order valence-electron chi connectivity index (χ1n) is 2.84. The Hall–Kier alpha value is -1.19. The maximum absolute atomic E-state index is 10.6. The zero-order valence-corrected chi connectivity index (χ0v) is 5.88. The monoisotopic (exact) mass is 143 g/mol. The highest BCUT2D eigenvalue weighted by Crippen LogP contribution is 1.94. The average molecular weight is 143 g/mol. The molecule has 0 saturated carbocycles. The number of hydrogen-bond donors (Lipinski definition) is 1. The number of amides is 2. The van der Waals surface area contributed by atoms with E-state index in [1.807, 2.05) is 5.32 Å². The van der Waals surface area contributed by atoms with Crippen LogP contribution in [0.5, 0.6) is 0 Å². The van der Waals surface area contributed by atoms with E-state index in [1.165, 1.54) is 13.8 Å². The minimum atomic E-state index is -0.731. The van der Waals surface area contributed by atoms with Gasteiger partial charge in [-0.3, -0.25) is 19.7 Å². The molecule has 0 heterocycles. The first-order chi connectivity index (χ1) is 4.59. The molecule has 1 atom stereocenters. The van der Waals surface area contributed by atoms with Crippen molar-refractivity contribution in [3.05, 3.63) is 0 Å². The zero-order chi connectivity index (χ0) is 8.15. The Labute approximate surface area is 58.6 Å². The van der Waals surface area contributed by atoms with E-state index >= 15 is 0 Å². The Morgan fingerprint density at radius 1 is 1.50 bits per heavy atom. The normalized spacial score (nSPS) is 11.8. The molecule has 2 amide bonds. The van der Waals surface area contributed by atoms with Crippen LogP contribution >= 0.6 is 0 Å². The number of nitrogens with one attached hydrogen (secondary N) is 1. The fraction of sp³-hybridized carbons (Fsp3) is 0.500. The molecule has 1 unspecified atom stereocenters. The third kappa shape index (κ3) is 2.39. The van der Waals surface area contributed by atoms with Crippen LogP contribution < -0.4 is 5.32 Å². The first-order valence-corrected chi connectivity index (χ1v) is 2.84. The van der Waals surface area contributed by atoms with Gasteiger partial charge in [0.1, 0.15) is 5.78 Å². The second-order valence-corrected chi connectivity index (χ2v) is 1.96. The molecule has 0 saturated heterocycles. The minimum Gasteiger partial charge on any atom is -0.299 e. The fourth-order valence-electron chi connectivity index (χ4n) is 0.368. The molecule has 1 N–H and O–H groups in total. The smallest absolute Gasteiger partial charge is 0.236 e. The molecule has 0 aliphatic carbocycles. The summed E-state index contributed by atoms with van der Waals surface area (Å²) in [6.45, 7) is 2.75. The summed E-state index contributed by atoms with van der Waals surface area (Å²) in [5.41, 5.74) is 0. The molecular formula is C6H9NO3. The van der Waals surface area contributed by atoms with E-state index in [-0.39, 0.29) is 12.2 Å². The lowest BCUT2D eigenvalue weighted by Crippen LogP contribution is -2.31. The highest BCUT2D eigenvalue weighted by molar-refractivity contribution is 6.02. The van der Waals surface area contributed by atoms with Crippen LogP contribution in [0.3, 0.4) is 0 Å². The van der Waals surface area contributed by atoms with Gasteiger partial charge in [0.25, 0.3) is 0 Å². The topological polar surface area (TPSA) is 63.2 Å². The average Bonchev–Trinajstić information content (AvgIpc) is 1.87. The third-order valence-electron chi connectivity index (χ3n) is 1.20. The van der Waals surface area contributed by atoms with Crippen molar-refractivity contribution < 1.29 is 14.4 Å². The van der Waals surface area contributed by atoms with Crippen LogP contribution in [0.1, 0.15) is 13.8 Å². The largest absolute Gasteiger partial charge is 0.299 e. The van der Waals surface area contributed by atoms with Crippen LogP contribution in [-0.4, -0.2) is 18.1 Å². The van der Waals surface area contributed by atoms with Crippen molar-refractivity contribution in [2.45, 2.75) is 13.8 Å². The molecule has 0 aromatic carbocycles. The van der Waals surface area contributed by atoms with Crippen LogP contribution in [-0.2, 0) is 14.4 Å². The van der Waals surface area contributed by atoms with Gasteiger partial charge >= 0.3 is 0 Å². The van der Waals surface area contributed by atoms with Gasteiger partial charge in [0.2, 0.25) is 12.3 Å². The van der Waals surface area contributed by atoms with Crippen molar-refractivity contribution in [1.82, 2.24) is 5.32 Å². The van der Waals surface area contributed by atoms with E-state index in [0.29, 0.717) is 0 Å². The van der Waals surface area contributed by atoms with Gasteiger partial charge in [-0.05, 0) is 13.8 Å². The predicted octanol–water partition coefficient (Wildman–Crippen LogP) is -0.516. The highest BCUT2D eigenvalue weighted by atomic mass is 16.2. The van der Waals surface area contributed by atoms with Crippen molar-refractivity contribution in [3.8, 4) is 0 Å². The molecule has 10 heavy (non-hydrogen) atoms. The number of rotatable bonds is 3. The molecular weight excluding hydrogens is 134 g/mol. The van der Waals surface area contributed by atoms with Crippen LogP contribution in [0.2, 0.25) is 0 Å². The van der Waals surface area contributed by atoms with Crippen LogP contribution in [0.15, 0.2) is 0 Å². The number of Topliss-reactive ketones (excluding diaryl/α,β-unsaturated/α-hetero) is 1. The standard InChI is InChI=1S/C6H9NO3/c1-4(5(2)9)6(10)7-3-8/h3-4H,1-2H3,(H,7,8,10). The Kier molecular flexibility index (Phi) is 3.32. The maximum atomic E-state index is 10.6. The quantitative estimate of drug-likeness (QED) is 0.427. The molecule has 0 aliphatic heterocycles. The summed E-state index contributed by atoms with van der Waals surface area (Å²) in [6.07, 6.45) is 0.266. The number of ketones is 1. The van der Waals surface area contributed by atoms with Crippen LogP contribution in [0.4, 0.5) is 0 Å². The van der Waals surface area contributed by atoms with Crippen molar-refractivity contribution in [1.29, 1.82) is 0 Å². The molecule has 4 nitrogen and oxygen atoms in total. The lowest BCUT2D eigenvalue weighted by Gasteiger charge is -2.02. The SMILES string of the molecule is CC(=O)C(C)C(=O)NC=O. The summed E-state index contributed by atoms with van der Waals surface area (Å²) in [6, 6.07) is 0. The molecule has 0 rings (SSSR count). The number of imide groups is 1. The van der Waals surface area contributed by atoms with E-state index in [0.717, 1.165) is 0 Å². The van der Waals surface area contributed by atoms with Crippen molar-refractivity contribution >= 4 is 18.1 Å². The van der Waals surface area contributed by atoms with E-state index in [1.54, 1.807) is 0 Å². The van der Waals surface area contributed by atoms with Gasteiger partial charge in [-0.15, -0.1) is 0 Å². The number of carbonyl (C=O) groups excluding carboxylic acids is 3. The van der Waals surface area contributed by atoms with Gasteiger partial charge in [0.05, 0.1) is 5.92 Å². The van der Waals surface area contributed by atoms with E-state index in [9.17, 15) is 14.4 Å². The summed E-state index contributed by atoms with van der Waals surface area (Å²) in [5.74, 6) is -1.54. The van der Waals surface area contributed by atoms with E-state index in [4.69, 9.17) is 0 Å². The van der Waals surface area contributed by atoms with Gasteiger partial charge in [-0.2, -0.15) is 0 Å². The summed E-state index contributed by atoms with van der Waals surface area (Å²) < 4.78 is 0. The second kappa shape index (κ2) is 3.76. The second-order valence-electron chi connectivity index (χ2n) is 1.96. The summed E-state index contributed by atoms with van der Waals surface area (Å²) >= 11 is 0. The minimum absolute atomic E-state index is 0.251. The molecule has 0 bridgehead atoms. The van der Waals surface area contributed by atoms with Crippen LogP contribution in [0, 0.1) is 5.92 Å². The number of hydrogen-bond acceptors (Lipinski definition) is 3. The van der Waals surface area contributed by atoms with Gasteiger partial charge in [0, 0.05) is 0 Å². The maximum Gasteiger partial charge on any atom is 0.236 e. The fourth-order valence-corrected chi connectivity index (χ4v) is 0.368. The Balaban J connectivity index is 3.94. The number of carbonyl (C=O) groups is 3. The zero-order valence-electron chi connectivity index (χ0n) is 5.88. The molecule has 56 valence electrons. The summed E-state index contributed by atoms with van der Waals surface area (Å²) in [7, 11) is 0. The molecule has 4 heteroatoms. The summed E-state index contributed by atoms with van der Waals surface area (Å²) in [5, 5.41) is 1.89. The van der Waals surface area contributed by atoms with Gasteiger partial charge in [-0.1, -0.05) is 0 Å². The molecule has 0 aromatic rings. The van der Waals surface area contributed by atoms with E-state index < -0.39 is 11.8 Å². The Morgan fingerprint density at radius 3 is 2.30 bits per heavy atom. The predicted molar refractivity (Wildman–Crippen MR) is 34.1 cm³/mol. The van der Waals surface area contributed by atoms with Gasteiger partial charge in [0.15, 0.2) is 0 Å². The molecule has 0 aliphatic rings. The Morgan fingerprint density at radius 2 is 2.00 bits per heavy atom. The van der Waals surface area contributed by atoms with Crippen LogP contribution in [0.25, 0.3) is 0 Å². The van der Waals surface area contributed by atoms with Crippen molar-refractivity contribution in [2.75, 3.05) is 0 Å². The molecule has 0 fully saturated rings. The molecule has 0 spiro atoms. The summed E-state index contributed by atoms with van der Waals surface area (Å²) in [4.78, 5) is 30.8. The highest BCUT2D eigenvalue weighted by Gasteiger charge is 2.15. The lowest BCUT2D eigenvalue weighted by molar-refractivity contribution is -0.133. The van der Waals surface area contributed by atoms with Crippen molar-refractivity contribution in [3.63, 3.8) is 0 Å². The Bertz CT molecular complexity index is 164. The molecule has 0 aromatic heterocycles. The van der Waals surface area contributed by atoms with Gasteiger partial charge in [-0.25, -0.2) is 0 Å². The third-order valence-corrected chi connectivity index (χ3v) is 1.20.